The molecule has 126 valence electrons. The third-order valence-corrected chi connectivity index (χ3v) is 8.15. The Labute approximate surface area is 147 Å². The average Bonchev–Trinajstić information content (AvgIpc) is 3.26. The maximum atomic E-state index is 13.1. The van der Waals surface area contributed by atoms with Gasteiger partial charge in [0.15, 0.2) is 5.78 Å². The van der Waals surface area contributed by atoms with Gasteiger partial charge in [-0.05, 0) is 74.0 Å². The van der Waals surface area contributed by atoms with Crippen molar-refractivity contribution < 1.29 is 4.79 Å². The Morgan fingerprint density at radius 1 is 1.29 bits per heavy atom. The molecule has 0 N–H and O–H groups in total. The van der Waals surface area contributed by atoms with Gasteiger partial charge in [0, 0.05) is 16.7 Å². The van der Waals surface area contributed by atoms with Crippen LogP contribution in [-0.2, 0) is 6.42 Å². The average molecular weight is 340 g/mol. The topological polar surface area (TPSA) is 20.3 Å². The molecule has 2 nitrogen and oxygen atoms in total. The molecule has 0 radical (unpaired) electrons. The lowest BCUT2D eigenvalue weighted by molar-refractivity contribution is -0.0273. The van der Waals surface area contributed by atoms with Crippen LogP contribution in [0.15, 0.2) is 24.3 Å². The lowest BCUT2D eigenvalue weighted by Gasteiger charge is -2.52. The van der Waals surface area contributed by atoms with Crippen molar-refractivity contribution in [2.75, 3.05) is 13.1 Å². The summed E-state index contributed by atoms with van der Waals surface area (Å²) in [5.41, 5.74) is 1.79. The van der Waals surface area contributed by atoms with Crippen molar-refractivity contribution in [3.63, 3.8) is 0 Å². The molecule has 0 unspecified atom stereocenters. The number of Topliss-reactive ketones (excluding diaryl/α,β-unsaturated/α-hetero) is 1. The normalized spacial score (nSPS) is 30.1. The first-order valence-corrected chi connectivity index (χ1v) is 10.3. The van der Waals surface area contributed by atoms with E-state index >= 15 is 0 Å². The quantitative estimate of drug-likeness (QED) is 0.738. The molecule has 0 amide bonds. The first-order valence-electron chi connectivity index (χ1n) is 9.51. The summed E-state index contributed by atoms with van der Waals surface area (Å²) >= 11 is 1.72. The van der Waals surface area contributed by atoms with Crippen LogP contribution in [0, 0.1) is 11.8 Å². The molecule has 2 aromatic rings. The molecule has 4 fully saturated rings. The SMILES string of the molecule is CCc1cccc2cc(C(=O)C[C@@H]3C4CCN(CC4)C34CC4)sc12. The number of thiophene rings is 1. The highest BCUT2D eigenvalue weighted by Gasteiger charge is 2.60. The van der Waals surface area contributed by atoms with Gasteiger partial charge in [-0.3, -0.25) is 9.69 Å². The van der Waals surface area contributed by atoms with E-state index in [1.807, 2.05) is 0 Å². The van der Waals surface area contributed by atoms with Crippen LogP contribution in [0.3, 0.4) is 0 Å². The molecule has 6 rings (SSSR count). The van der Waals surface area contributed by atoms with Crippen molar-refractivity contribution in [1.29, 1.82) is 0 Å². The number of ketones is 1. The van der Waals surface area contributed by atoms with Crippen molar-refractivity contribution in [2.24, 2.45) is 11.8 Å². The Morgan fingerprint density at radius 3 is 2.79 bits per heavy atom. The van der Waals surface area contributed by atoms with Crippen molar-refractivity contribution >= 4 is 27.2 Å². The molecule has 1 aliphatic carbocycles. The highest BCUT2D eigenvalue weighted by molar-refractivity contribution is 7.21. The van der Waals surface area contributed by atoms with Crippen LogP contribution >= 0.6 is 11.3 Å². The number of nitrogens with zero attached hydrogens (tertiary/aromatic N) is 1. The monoisotopic (exact) mass is 339 g/mol. The molecular formula is C21H25NOS. The number of piperidine rings is 3. The van der Waals surface area contributed by atoms with Crippen LogP contribution in [-0.4, -0.2) is 29.3 Å². The minimum absolute atomic E-state index is 0.392. The summed E-state index contributed by atoms with van der Waals surface area (Å²) in [5.74, 6) is 1.80. The van der Waals surface area contributed by atoms with Crippen molar-refractivity contribution in [2.45, 2.75) is 51.0 Å². The van der Waals surface area contributed by atoms with Crippen molar-refractivity contribution in [3.05, 3.63) is 34.7 Å². The highest BCUT2D eigenvalue weighted by atomic mass is 32.1. The Balaban J connectivity index is 1.43. The maximum Gasteiger partial charge on any atom is 0.173 e. The zero-order valence-corrected chi connectivity index (χ0v) is 15.2. The third kappa shape index (κ3) is 2.14. The van der Waals surface area contributed by atoms with E-state index in [0.29, 0.717) is 17.2 Å². The summed E-state index contributed by atoms with van der Waals surface area (Å²) < 4.78 is 1.32. The lowest BCUT2D eigenvalue weighted by atomic mass is 9.70. The van der Waals surface area contributed by atoms with Gasteiger partial charge in [-0.25, -0.2) is 0 Å². The Morgan fingerprint density at radius 2 is 2.08 bits per heavy atom. The number of hydrogen-bond donors (Lipinski definition) is 0. The second kappa shape index (κ2) is 5.40. The van der Waals surface area contributed by atoms with Crippen LogP contribution in [0.2, 0.25) is 0 Å². The second-order valence-corrected chi connectivity index (χ2v) is 9.01. The lowest BCUT2D eigenvalue weighted by Crippen LogP contribution is -2.57. The first kappa shape index (κ1) is 15.1. The van der Waals surface area contributed by atoms with Gasteiger partial charge in [-0.15, -0.1) is 11.3 Å². The summed E-state index contributed by atoms with van der Waals surface area (Å²) in [6.45, 7) is 4.75. The predicted molar refractivity (Wildman–Crippen MR) is 99.9 cm³/mol. The van der Waals surface area contributed by atoms with E-state index in [9.17, 15) is 4.79 Å². The number of fused-ring (bicyclic) bond motifs is 3. The number of carbonyl (C=O) groups is 1. The summed E-state index contributed by atoms with van der Waals surface area (Å²) in [6.07, 6.45) is 7.09. The molecular weight excluding hydrogens is 314 g/mol. The fraction of sp³-hybridized carbons (Fsp3) is 0.571. The smallest absolute Gasteiger partial charge is 0.173 e. The summed E-state index contributed by atoms with van der Waals surface area (Å²) in [4.78, 5) is 16.8. The Kier molecular flexibility index (Phi) is 3.40. The fourth-order valence-corrected chi connectivity index (χ4v) is 6.62. The molecule has 3 aliphatic heterocycles. The highest BCUT2D eigenvalue weighted by Crippen LogP contribution is 2.58. The van der Waals surface area contributed by atoms with Crippen LogP contribution < -0.4 is 0 Å². The number of hydrogen-bond acceptors (Lipinski definition) is 3. The molecule has 4 aliphatic rings. The molecule has 1 spiro atoms. The predicted octanol–water partition coefficient (Wildman–Crippen LogP) is 4.91. The van der Waals surface area contributed by atoms with Gasteiger partial charge in [0.25, 0.3) is 0 Å². The van der Waals surface area contributed by atoms with E-state index in [1.54, 1.807) is 11.3 Å². The molecule has 24 heavy (non-hydrogen) atoms. The summed E-state index contributed by atoms with van der Waals surface area (Å²) in [5, 5.41) is 1.25. The number of rotatable bonds is 4. The van der Waals surface area contributed by atoms with Crippen molar-refractivity contribution in [3.8, 4) is 0 Å². The molecule has 1 saturated carbocycles. The molecule has 3 heteroatoms. The third-order valence-electron chi connectivity index (χ3n) is 6.88. The Bertz CT molecular complexity index is 795. The van der Waals surface area contributed by atoms with E-state index in [2.05, 4.69) is 36.1 Å². The molecule has 1 atom stereocenters. The van der Waals surface area contributed by atoms with Crippen LogP contribution in [0.1, 0.15) is 54.3 Å². The molecule has 1 aromatic carbocycles. The van der Waals surface area contributed by atoms with Gasteiger partial charge in [0.2, 0.25) is 0 Å². The van der Waals surface area contributed by atoms with Crippen LogP contribution in [0.25, 0.3) is 10.1 Å². The second-order valence-electron chi connectivity index (χ2n) is 7.96. The Hall–Kier alpha value is -1.19. The standard InChI is InChI=1S/C21H25NOS/c1-2-14-4-3-5-16-12-19(24-20(14)16)18(23)13-17-15-6-10-22(11-7-15)21(17)8-9-21/h3-5,12,15,17H,2,6-11,13H2,1H3/t17-/m1/s1. The van der Waals surface area contributed by atoms with Gasteiger partial charge in [0.05, 0.1) is 4.88 Å². The van der Waals surface area contributed by atoms with Crippen LogP contribution in [0.5, 0.6) is 0 Å². The number of benzene rings is 1. The zero-order valence-electron chi connectivity index (χ0n) is 14.4. The number of aryl methyl sites for hydroxylation is 1. The largest absolute Gasteiger partial charge is 0.297 e. The minimum Gasteiger partial charge on any atom is -0.297 e. The van der Waals surface area contributed by atoms with Gasteiger partial charge >= 0.3 is 0 Å². The summed E-state index contributed by atoms with van der Waals surface area (Å²) in [6, 6.07) is 8.61. The minimum atomic E-state index is 0.392. The van der Waals surface area contributed by atoms with E-state index in [4.69, 9.17) is 0 Å². The van der Waals surface area contributed by atoms with Gasteiger partial charge in [-0.1, -0.05) is 25.1 Å². The molecule has 4 heterocycles. The number of carbonyl (C=O) groups excluding carboxylic acids is 1. The van der Waals surface area contributed by atoms with Crippen LogP contribution in [0.4, 0.5) is 0 Å². The van der Waals surface area contributed by atoms with E-state index in [-0.39, 0.29) is 0 Å². The fourth-order valence-electron chi connectivity index (χ4n) is 5.43. The molecule has 2 bridgehead atoms. The van der Waals surface area contributed by atoms with Crippen molar-refractivity contribution in [1.82, 2.24) is 4.90 Å². The molecule has 1 aromatic heterocycles. The van der Waals surface area contributed by atoms with Gasteiger partial charge in [0.1, 0.15) is 0 Å². The molecule has 3 saturated heterocycles. The van der Waals surface area contributed by atoms with Gasteiger partial charge < -0.3 is 0 Å². The van der Waals surface area contributed by atoms with E-state index in [1.165, 1.54) is 54.4 Å². The first-order chi connectivity index (χ1) is 11.7. The van der Waals surface area contributed by atoms with E-state index < -0.39 is 0 Å². The van der Waals surface area contributed by atoms with E-state index in [0.717, 1.165) is 23.6 Å². The zero-order chi connectivity index (χ0) is 16.3. The van der Waals surface area contributed by atoms with Gasteiger partial charge in [-0.2, -0.15) is 0 Å². The summed E-state index contributed by atoms with van der Waals surface area (Å²) in [7, 11) is 0. The maximum absolute atomic E-state index is 13.1.